The number of aromatic nitrogens is 2. The molecule has 31 heavy (non-hydrogen) atoms. The van der Waals surface area contributed by atoms with Gasteiger partial charge in [0.05, 0.1) is 0 Å². The van der Waals surface area contributed by atoms with Crippen LogP contribution in [0.5, 0.6) is 0 Å². The van der Waals surface area contributed by atoms with Gasteiger partial charge in [-0.3, -0.25) is 14.9 Å². The monoisotopic (exact) mass is 432 g/mol. The first-order valence-electron chi connectivity index (χ1n) is 10.3. The molecule has 9 heteroatoms. The van der Waals surface area contributed by atoms with Crippen LogP contribution in [0.25, 0.3) is 11.5 Å². The number of aliphatic hydroxyl groups excluding tert-OH is 1. The van der Waals surface area contributed by atoms with Crippen molar-refractivity contribution in [1.29, 1.82) is 0 Å². The summed E-state index contributed by atoms with van der Waals surface area (Å²) in [4.78, 5) is 30.7. The molecule has 9 nitrogen and oxygen atoms in total. The zero-order valence-electron chi connectivity index (χ0n) is 19.0. The molecule has 0 bridgehead atoms. The number of carbonyl (C=O) groups is 2. The number of benzene rings is 1. The maximum atomic E-state index is 12.9. The lowest BCUT2D eigenvalue weighted by Gasteiger charge is -2.29. The highest BCUT2D eigenvalue weighted by Crippen LogP contribution is 2.25. The molecule has 0 radical (unpaired) electrons. The van der Waals surface area contributed by atoms with Crippen molar-refractivity contribution in [3.05, 3.63) is 29.8 Å². The molecule has 3 amide bonds. The summed E-state index contributed by atoms with van der Waals surface area (Å²) in [5.41, 5.74) is 1.34. The van der Waals surface area contributed by atoms with E-state index in [1.165, 1.54) is 0 Å². The van der Waals surface area contributed by atoms with Crippen LogP contribution in [0.3, 0.4) is 0 Å². The fourth-order valence-corrected chi connectivity index (χ4v) is 2.80. The molecule has 0 aliphatic carbocycles. The van der Waals surface area contributed by atoms with Crippen LogP contribution in [-0.4, -0.2) is 50.1 Å². The third kappa shape index (κ3) is 6.86. The van der Waals surface area contributed by atoms with E-state index < -0.39 is 23.5 Å². The second-order valence-corrected chi connectivity index (χ2v) is 9.33. The third-order valence-corrected chi connectivity index (χ3v) is 4.51. The van der Waals surface area contributed by atoms with Crippen LogP contribution in [0, 0.1) is 18.3 Å². The summed E-state index contributed by atoms with van der Waals surface area (Å²) in [5.74, 6) is -0.706. The normalized spacial score (nSPS) is 12.7. The van der Waals surface area contributed by atoms with Crippen LogP contribution >= 0.6 is 0 Å². The first-order valence-corrected chi connectivity index (χ1v) is 10.3. The van der Waals surface area contributed by atoms with E-state index in [4.69, 9.17) is 4.52 Å². The molecule has 0 saturated heterocycles. The zero-order valence-corrected chi connectivity index (χ0v) is 19.0. The largest absolute Gasteiger partial charge is 0.383 e. The molecule has 2 aromatic rings. The lowest BCUT2D eigenvalue weighted by atomic mass is 9.96. The average molecular weight is 433 g/mol. The summed E-state index contributed by atoms with van der Waals surface area (Å²) < 4.78 is 5.30. The molecular weight excluding hydrogens is 400 g/mol. The van der Waals surface area contributed by atoms with Crippen molar-refractivity contribution in [2.24, 2.45) is 11.3 Å². The maximum Gasteiger partial charge on any atom is 0.358 e. The number of aryl methyl sites for hydroxylation is 1. The number of imide groups is 1. The van der Waals surface area contributed by atoms with Crippen LogP contribution < -0.4 is 4.90 Å². The van der Waals surface area contributed by atoms with Gasteiger partial charge >= 0.3 is 6.03 Å². The highest BCUT2D eigenvalue weighted by molar-refractivity contribution is 6.01. The van der Waals surface area contributed by atoms with E-state index in [9.17, 15) is 19.9 Å². The smallest absolute Gasteiger partial charge is 0.358 e. The standard InChI is InChI=1S/C22H32N4O5/c1-14(2)7-12-17(27)19(28)26(30)21(29)25(13-22(4,5)6)20-23-18(31-24-20)16-10-8-15(3)9-11-16/h8-11,14,17,27,30H,7,12-13H2,1-6H3/t17-/m0/s1. The summed E-state index contributed by atoms with van der Waals surface area (Å²) in [6.45, 7) is 11.6. The van der Waals surface area contributed by atoms with E-state index in [1.54, 1.807) is 0 Å². The Balaban J connectivity index is 2.26. The van der Waals surface area contributed by atoms with Gasteiger partial charge in [0.2, 0.25) is 0 Å². The average Bonchev–Trinajstić information content (AvgIpc) is 3.18. The molecule has 2 rings (SSSR count). The summed E-state index contributed by atoms with van der Waals surface area (Å²) in [5, 5.41) is 24.1. The number of nitrogens with zero attached hydrogens (tertiary/aromatic N) is 4. The van der Waals surface area contributed by atoms with E-state index in [-0.39, 0.29) is 35.8 Å². The van der Waals surface area contributed by atoms with Crippen LogP contribution in [-0.2, 0) is 4.79 Å². The lowest BCUT2D eigenvalue weighted by Crippen LogP contribution is -2.50. The molecule has 0 spiro atoms. The van der Waals surface area contributed by atoms with Gasteiger partial charge in [-0.25, -0.2) is 4.79 Å². The van der Waals surface area contributed by atoms with Crippen molar-refractivity contribution in [2.75, 3.05) is 11.4 Å². The quantitative estimate of drug-likeness (QED) is 0.500. The molecule has 0 unspecified atom stereocenters. The van der Waals surface area contributed by atoms with Gasteiger partial charge in [-0.05, 0) is 48.4 Å². The van der Waals surface area contributed by atoms with Crippen molar-refractivity contribution in [3.63, 3.8) is 0 Å². The van der Waals surface area contributed by atoms with Gasteiger partial charge in [0.1, 0.15) is 6.10 Å². The fourth-order valence-electron chi connectivity index (χ4n) is 2.80. The Morgan fingerprint density at radius 2 is 1.74 bits per heavy atom. The Bertz CT molecular complexity index is 886. The number of carbonyl (C=O) groups excluding carboxylic acids is 2. The Kier molecular flexibility index (Phi) is 7.91. The molecule has 2 N–H and O–H groups in total. The molecule has 0 fully saturated rings. The van der Waals surface area contributed by atoms with Crippen molar-refractivity contribution >= 4 is 17.9 Å². The number of hydrogen-bond donors (Lipinski definition) is 2. The Morgan fingerprint density at radius 1 is 1.13 bits per heavy atom. The first kappa shape index (κ1) is 24.5. The second-order valence-electron chi connectivity index (χ2n) is 9.33. The number of amides is 3. The molecule has 1 atom stereocenters. The van der Waals surface area contributed by atoms with Crippen LogP contribution in [0.4, 0.5) is 10.7 Å². The maximum absolute atomic E-state index is 12.9. The number of anilines is 1. The van der Waals surface area contributed by atoms with E-state index in [1.807, 2.05) is 65.8 Å². The molecule has 0 aliphatic rings. The minimum atomic E-state index is -1.48. The minimum absolute atomic E-state index is 0.0708. The Labute approximate surface area is 182 Å². The van der Waals surface area contributed by atoms with Crippen molar-refractivity contribution < 1.29 is 24.4 Å². The third-order valence-electron chi connectivity index (χ3n) is 4.51. The lowest BCUT2D eigenvalue weighted by molar-refractivity contribution is -0.162. The molecular formula is C22H32N4O5. The summed E-state index contributed by atoms with van der Waals surface area (Å²) >= 11 is 0. The highest BCUT2D eigenvalue weighted by Gasteiger charge is 2.35. The predicted octanol–water partition coefficient (Wildman–Crippen LogP) is 4.03. The Morgan fingerprint density at radius 3 is 2.29 bits per heavy atom. The molecule has 0 saturated carbocycles. The topological polar surface area (TPSA) is 120 Å². The number of urea groups is 1. The van der Waals surface area contributed by atoms with Crippen molar-refractivity contribution in [3.8, 4) is 11.5 Å². The van der Waals surface area contributed by atoms with Gasteiger partial charge < -0.3 is 9.63 Å². The van der Waals surface area contributed by atoms with E-state index >= 15 is 0 Å². The first-order chi connectivity index (χ1) is 14.4. The molecule has 1 heterocycles. The van der Waals surface area contributed by atoms with Crippen LogP contribution in [0.1, 0.15) is 53.0 Å². The zero-order chi connectivity index (χ0) is 23.3. The molecule has 170 valence electrons. The van der Waals surface area contributed by atoms with E-state index in [2.05, 4.69) is 10.1 Å². The highest BCUT2D eigenvalue weighted by atomic mass is 16.5. The van der Waals surface area contributed by atoms with E-state index in [0.717, 1.165) is 10.5 Å². The van der Waals surface area contributed by atoms with Crippen molar-refractivity contribution in [2.45, 2.75) is 60.5 Å². The second kappa shape index (κ2) is 10.0. The number of hydrogen-bond acceptors (Lipinski definition) is 7. The number of hydroxylamine groups is 2. The fraction of sp³-hybridized carbons (Fsp3) is 0.545. The van der Waals surface area contributed by atoms with Gasteiger partial charge in [-0.15, -0.1) is 5.06 Å². The van der Waals surface area contributed by atoms with Crippen LogP contribution in [0.15, 0.2) is 28.8 Å². The summed E-state index contributed by atoms with van der Waals surface area (Å²) in [6.07, 6.45) is -0.771. The molecule has 1 aromatic heterocycles. The molecule has 1 aromatic carbocycles. The number of aliphatic hydroxyl groups is 1. The van der Waals surface area contributed by atoms with Gasteiger partial charge in [-0.1, -0.05) is 52.3 Å². The van der Waals surface area contributed by atoms with Gasteiger partial charge in [0, 0.05) is 12.1 Å². The molecule has 0 aliphatic heterocycles. The summed E-state index contributed by atoms with van der Waals surface area (Å²) in [7, 11) is 0. The summed E-state index contributed by atoms with van der Waals surface area (Å²) in [6, 6.07) is 6.36. The van der Waals surface area contributed by atoms with E-state index in [0.29, 0.717) is 12.0 Å². The van der Waals surface area contributed by atoms with Gasteiger partial charge in [0.15, 0.2) is 0 Å². The van der Waals surface area contributed by atoms with Crippen LogP contribution in [0.2, 0.25) is 0 Å². The SMILES string of the molecule is Cc1ccc(-c2nc(N(CC(C)(C)C)C(=O)N(O)C(=O)[C@@H](O)CCC(C)C)no2)cc1. The van der Waals surface area contributed by atoms with Gasteiger partial charge in [-0.2, -0.15) is 4.98 Å². The Hall–Kier alpha value is -2.78. The number of rotatable bonds is 7. The van der Waals surface area contributed by atoms with Crippen molar-refractivity contribution in [1.82, 2.24) is 15.2 Å². The van der Waals surface area contributed by atoms with Gasteiger partial charge in [0.25, 0.3) is 17.7 Å². The minimum Gasteiger partial charge on any atom is -0.383 e. The predicted molar refractivity (Wildman–Crippen MR) is 115 cm³/mol.